The first-order chi connectivity index (χ1) is 14.7. The van der Waals surface area contributed by atoms with Gasteiger partial charge in [-0.3, -0.25) is 14.5 Å². The van der Waals surface area contributed by atoms with Crippen LogP contribution in [0.1, 0.15) is 36.0 Å². The van der Waals surface area contributed by atoms with Gasteiger partial charge in [0.1, 0.15) is 6.04 Å². The Morgan fingerprint density at radius 2 is 1.47 bits per heavy atom. The lowest BCUT2D eigenvalue weighted by atomic mass is 9.88. The molecule has 1 heterocycles. The maximum atomic E-state index is 13.6. The van der Waals surface area contributed by atoms with Gasteiger partial charge in [-0.1, -0.05) is 78.9 Å². The average Bonchev–Trinajstić information content (AvgIpc) is 3.19. The van der Waals surface area contributed by atoms with E-state index in [4.69, 9.17) is 0 Å². The Labute approximate surface area is 177 Å². The zero-order chi connectivity index (χ0) is 20.9. The Morgan fingerprint density at radius 3 is 2.07 bits per heavy atom. The molecule has 0 radical (unpaired) electrons. The van der Waals surface area contributed by atoms with E-state index in [-0.39, 0.29) is 17.7 Å². The minimum Gasteiger partial charge on any atom is -0.355 e. The largest absolute Gasteiger partial charge is 0.355 e. The van der Waals surface area contributed by atoms with Crippen LogP contribution >= 0.6 is 0 Å². The number of carbonyl (C=O) groups excluding carboxylic acids is 2. The van der Waals surface area contributed by atoms with E-state index in [0.29, 0.717) is 19.4 Å². The number of amides is 2. The first kappa shape index (κ1) is 19.9. The molecule has 4 heteroatoms. The minimum absolute atomic E-state index is 0.0334. The minimum atomic E-state index is -0.498. The normalized spacial score (nSPS) is 15.1. The summed E-state index contributed by atoms with van der Waals surface area (Å²) >= 11 is 0. The molecule has 1 N–H and O–H groups in total. The van der Waals surface area contributed by atoms with Crippen molar-refractivity contribution < 1.29 is 9.59 Å². The van der Waals surface area contributed by atoms with Gasteiger partial charge < -0.3 is 5.32 Å². The van der Waals surface area contributed by atoms with E-state index in [1.54, 1.807) is 4.90 Å². The number of likely N-dealkylation sites (N-methyl/N-ethyl adjacent to an activating group) is 1. The summed E-state index contributed by atoms with van der Waals surface area (Å²) in [7, 11) is 0. The van der Waals surface area contributed by atoms with Crippen LogP contribution in [0.2, 0.25) is 0 Å². The molecule has 1 atom stereocenters. The van der Waals surface area contributed by atoms with Gasteiger partial charge >= 0.3 is 0 Å². The predicted octanol–water partition coefficient (Wildman–Crippen LogP) is 4.30. The maximum absolute atomic E-state index is 13.6. The number of rotatable bonds is 6. The summed E-state index contributed by atoms with van der Waals surface area (Å²) in [6.07, 6.45) is 0.855. The van der Waals surface area contributed by atoms with Crippen molar-refractivity contribution in [3.05, 3.63) is 102 Å². The number of fused-ring (bicyclic) bond motifs is 1. The van der Waals surface area contributed by atoms with E-state index in [1.807, 2.05) is 67.6 Å². The molecule has 0 spiro atoms. The second-order valence-corrected chi connectivity index (χ2v) is 7.59. The molecule has 1 aliphatic rings. The number of hydrogen-bond donors (Lipinski definition) is 1. The number of nitrogens with zero attached hydrogens (tertiary/aromatic N) is 1. The maximum Gasteiger partial charge on any atom is 0.243 e. The summed E-state index contributed by atoms with van der Waals surface area (Å²) in [6.45, 7) is 2.44. The van der Waals surface area contributed by atoms with Crippen molar-refractivity contribution in [3.63, 3.8) is 0 Å². The topological polar surface area (TPSA) is 49.4 Å². The fourth-order valence-corrected chi connectivity index (χ4v) is 4.27. The predicted molar refractivity (Wildman–Crippen MR) is 119 cm³/mol. The molecule has 0 saturated carbocycles. The van der Waals surface area contributed by atoms with Crippen molar-refractivity contribution in [1.29, 1.82) is 0 Å². The van der Waals surface area contributed by atoms with Crippen LogP contribution in [0.4, 0.5) is 5.69 Å². The van der Waals surface area contributed by atoms with E-state index in [9.17, 15) is 9.59 Å². The monoisotopic (exact) mass is 398 g/mol. The van der Waals surface area contributed by atoms with Crippen LogP contribution in [-0.2, 0) is 16.0 Å². The first-order valence-electron chi connectivity index (χ1n) is 10.5. The average molecular weight is 399 g/mol. The quantitative estimate of drug-likeness (QED) is 0.673. The number of carbonyl (C=O) groups is 2. The van der Waals surface area contributed by atoms with Crippen LogP contribution in [-0.4, -0.2) is 24.4 Å². The lowest BCUT2D eigenvalue weighted by Crippen LogP contribution is -2.48. The summed E-state index contributed by atoms with van der Waals surface area (Å²) in [6, 6.07) is 27.5. The number of nitrogens with one attached hydrogen (secondary N) is 1. The van der Waals surface area contributed by atoms with Gasteiger partial charge in [0.15, 0.2) is 0 Å². The molecule has 0 aliphatic carbocycles. The van der Waals surface area contributed by atoms with Crippen LogP contribution < -0.4 is 10.2 Å². The van der Waals surface area contributed by atoms with Crippen LogP contribution in [0, 0.1) is 0 Å². The summed E-state index contributed by atoms with van der Waals surface area (Å²) in [5, 5.41) is 2.89. The fourth-order valence-electron chi connectivity index (χ4n) is 4.27. The third-order valence-corrected chi connectivity index (χ3v) is 5.68. The van der Waals surface area contributed by atoms with Crippen LogP contribution in [0.3, 0.4) is 0 Å². The molecule has 2 amide bonds. The molecule has 1 aliphatic heterocycles. The van der Waals surface area contributed by atoms with Crippen molar-refractivity contribution in [2.45, 2.75) is 31.7 Å². The number of para-hydroxylation sites is 1. The Hall–Kier alpha value is -3.40. The van der Waals surface area contributed by atoms with Crippen molar-refractivity contribution in [2.75, 3.05) is 11.4 Å². The van der Waals surface area contributed by atoms with E-state index in [1.165, 1.54) is 0 Å². The smallest absolute Gasteiger partial charge is 0.243 e. The Kier molecular flexibility index (Phi) is 5.94. The van der Waals surface area contributed by atoms with Crippen LogP contribution in [0.25, 0.3) is 0 Å². The molecule has 0 saturated heterocycles. The van der Waals surface area contributed by atoms with Gasteiger partial charge in [-0.2, -0.15) is 0 Å². The molecular formula is C26H26N2O2. The highest BCUT2D eigenvalue weighted by atomic mass is 16.2. The van der Waals surface area contributed by atoms with E-state index < -0.39 is 6.04 Å². The van der Waals surface area contributed by atoms with Crippen LogP contribution in [0.5, 0.6) is 0 Å². The summed E-state index contributed by atoms with van der Waals surface area (Å²) < 4.78 is 0. The van der Waals surface area contributed by atoms with Crippen molar-refractivity contribution in [3.8, 4) is 0 Å². The highest BCUT2D eigenvalue weighted by Crippen LogP contribution is 2.35. The SMILES string of the molecule is CCNC(=O)C1Cc2ccccc2N1C(=O)CC(c1ccccc1)c1ccccc1. The van der Waals surface area contributed by atoms with E-state index >= 15 is 0 Å². The Balaban J connectivity index is 1.67. The van der Waals surface area contributed by atoms with Gasteiger partial charge in [0.25, 0.3) is 0 Å². The standard InChI is InChI=1S/C26H26N2O2/c1-2-27-26(30)24-17-21-15-9-10-16-23(21)28(24)25(29)18-22(19-11-5-3-6-12-19)20-13-7-4-8-14-20/h3-16,22,24H,2,17-18H2,1H3,(H,27,30). The zero-order valence-corrected chi connectivity index (χ0v) is 17.1. The molecular weight excluding hydrogens is 372 g/mol. The highest BCUT2D eigenvalue weighted by Gasteiger charge is 2.38. The van der Waals surface area contributed by atoms with Crippen molar-refractivity contribution >= 4 is 17.5 Å². The molecule has 30 heavy (non-hydrogen) atoms. The van der Waals surface area contributed by atoms with E-state index in [2.05, 4.69) is 29.6 Å². The lowest BCUT2D eigenvalue weighted by Gasteiger charge is -2.27. The van der Waals surface area contributed by atoms with Crippen LogP contribution in [0.15, 0.2) is 84.9 Å². The van der Waals surface area contributed by atoms with Crippen molar-refractivity contribution in [1.82, 2.24) is 5.32 Å². The lowest BCUT2D eigenvalue weighted by molar-refractivity contribution is -0.126. The van der Waals surface area contributed by atoms with Gasteiger partial charge in [0.2, 0.25) is 11.8 Å². The molecule has 4 rings (SSSR count). The van der Waals surface area contributed by atoms with Gasteiger partial charge in [0.05, 0.1) is 0 Å². The van der Waals surface area contributed by atoms with Gasteiger partial charge in [0, 0.05) is 31.0 Å². The second-order valence-electron chi connectivity index (χ2n) is 7.59. The molecule has 152 valence electrons. The highest BCUT2D eigenvalue weighted by molar-refractivity contribution is 6.03. The molecule has 3 aromatic carbocycles. The molecule has 1 unspecified atom stereocenters. The van der Waals surface area contributed by atoms with Gasteiger partial charge in [-0.05, 0) is 29.7 Å². The Morgan fingerprint density at radius 1 is 0.900 bits per heavy atom. The fraction of sp³-hybridized carbons (Fsp3) is 0.231. The number of hydrogen-bond acceptors (Lipinski definition) is 2. The molecule has 0 fully saturated rings. The first-order valence-corrected chi connectivity index (χ1v) is 10.5. The molecule has 4 nitrogen and oxygen atoms in total. The number of benzene rings is 3. The Bertz CT molecular complexity index is 978. The summed E-state index contributed by atoms with van der Waals surface area (Å²) in [4.78, 5) is 28.1. The number of anilines is 1. The third-order valence-electron chi connectivity index (χ3n) is 5.68. The molecule has 3 aromatic rings. The van der Waals surface area contributed by atoms with Gasteiger partial charge in [-0.15, -0.1) is 0 Å². The second kappa shape index (κ2) is 8.95. The summed E-state index contributed by atoms with van der Waals surface area (Å²) in [5.74, 6) is -0.200. The summed E-state index contributed by atoms with van der Waals surface area (Å²) in [5.41, 5.74) is 4.08. The van der Waals surface area contributed by atoms with E-state index in [0.717, 1.165) is 22.4 Å². The zero-order valence-electron chi connectivity index (χ0n) is 17.1. The molecule has 0 bridgehead atoms. The third kappa shape index (κ3) is 3.99. The van der Waals surface area contributed by atoms with Gasteiger partial charge in [-0.25, -0.2) is 0 Å². The molecule has 0 aromatic heterocycles. The van der Waals surface area contributed by atoms with Crippen molar-refractivity contribution in [2.24, 2.45) is 0 Å².